The van der Waals surface area contributed by atoms with Gasteiger partial charge in [0.05, 0.1) is 12.7 Å². The summed E-state index contributed by atoms with van der Waals surface area (Å²) in [6, 6.07) is 16.2. The Balaban J connectivity index is 1.29. The van der Waals surface area contributed by atoms with E-state index < -0.39 is 6.29 Å². The third-order valence-corrected chi connectivity index (χ3v) is 4.83. The Morgan fingerprint density at radius 3 is 2.92 bits per heavy atom. The van der Waals surface area contributed by atoms with E-state index in [4.69, 9.17) is 18.7 Å². The molecular formula is C20H17NO5. The monoisotopic (exact) mass is 351 g/mol. The van der Waals surface area contributed by atoms with Crippen molar-refractivity contribution in [2.24, 2.45) is 0 Å². The van der Waals surface area contributed by atoms with Crippen LogP contribution in [0, 0.1) is 0 Å². The van der Waals surface area contributed by atoms with E-state index in [1.54, 1.807) is 0 Å². The number of Topliss-reactive ketones (excluding diaryl/α,β-unsaturated/α-hetero) is 1. The fourth-order valence-electron chi connectivity index (χ4n) is 3.43. The lowest BCUT2D eigenvalue weighted by Gasteiger charge is -2.25. The number of hydrogen-bond donors (Lipinski definition) is 0. The second-order valence-corrected chi connectivity index (χ2v) is 6.60. The van der Waals surface area contributed by atoms with Crippen molar-refractivity contribution in [2.45, 2.75) is 31.5 Å². The van der Waals surface area contributed by atoms with Crippen molar-refractivity contribution in [3.63, 3.8) is 0 Å². The number of carbonyl (C=O) groups is 1. The van der Waals surface area contributed by atoms with Crippen molar-refractivity contribution < 1.29 is 23.5 Å². The van der Waals surface area contributed by atoms with E-state index in [2.05, 4.69) is 29.4 Å². The van der Waals surface area contributed by atoms with Gasteiger partial charge in [-0.25, -0.2) is 0 Å². The maximum atomic E-state index is 11.8. The molecule has 5 rings (SSSR count). The topological polar surface area (TPSA) is 70.8 Å². The van der Waals surface area contributed by atoms with Crippen LogP contribution in [0.25, 0.3) is 22.0 Å². The zero-order valence-electron chi connectivity index (χ0n) is 14.0. The largest absolute Gasteiger partial charge is 0.367 e. The number of hydrogen-bond acceptors (Lipinski definition) is 6. The fourth-order valence-corrected chi connectivity index (χ4v) is 3.43. The van der Waals surface area contributed by atoms with Crippen LogP contribution >= 0.6 is 0 Å². The molecule has 26 heavy (non-hydrogen) atoms. The van der Waals surface area contributed by atoms with Gasteiger partial charge in [0.15, 0.2) is 11.5 Å². The molecule has 6 heteroatoms. The fraction of sp³-hybridized carbons (Fsp3) is 0.300. The highest BCUT2D eigenvalue weighted by atomic mass is 16.7. The van der Waals surface area contributed by atoms with Crippen LogP contribution in [-0.4, -0.2) is 36.0 Å². The van der Waals surface area contributed by atoms with Gasteiger partial charge in [-0.2, -0.15) is 0 Å². The highest BCUT2D eigenvalue weighted by Gasteiger charge is 2.43. The summed E-state index contributed by atoms with van der Waals surface area (Å²) in [7, 11) is 0. The quantitative estimate of drug-likeness (QED) is 0.719. The smallest absolute Gasteiger partial charge is 0.218 e. The first-order chi connectivity index (χ1) is 12.8. The number of ether oxygens (including phenoxy) is 3. The number of ketones is 1. The van der Waals surface area contributed by atoms with E-state index in [0.717, 1.165) is 16.6 Å². The minimum absolute atomic E-state index is 0.0711. The van der Waals surface area contributed by atoms with Crippen LogP contribution < -0.4 is 0 Å². The number of rotatable bonds is 4. The highest BCUT2D eigenvalue weighted by molar-refractivity contribution is 5.86. The molecule has 1 aromatic heterocycles. The van der Waals surface area contributed by atoms with Crippen molar-refractivity contribution in [1.29, 1.82) is 0 Å². The van der Waals surface area contributed by atoms with Crippen molar-refractivity contribution in [3.05, 3.63) is 54.3 Å². The van der Waals surface area contributed by atoms with Gasteiger partial charge >= 0.3 is 0 Å². The van der Waals surface area contributed by atoms with Crippen LogP contribution in [0.2, 0.25) is 0 Å². The van der Waals surface area contributed by atoms with Gasteiger partial charge in [0, 0.05) is 18.1 Å². The first-order valence-electron chi connectivity index (χ1n) is 8.62. The number of benzene rings is 2. The minimum atomic E-state index is -0.704. The molecule has 0 saturated carbocycles. The molecule has 0 N–H and O–H groups in total. The lowest BCUT2D eigenvalue weighted by Crippen LogP contribution is -2.40. The Hall–Kier alpha value is -2.54. The lowest BCUT2D eigenvalue weighted by molar-refractivity contribution is -0.168. The van der Waals surface area contributed by atoms with Crippen LogP contribution in [0.5, 0.6) is 0 Å². The van der Waals surface area contributed by atoms with Crippen LogP contribution in [0.15, 0.2) is 53.1 Å². The first-order valence-corrected chi connectivity index (χ1v) is 8.62. The summed E-state index contributed by atoms with van der Waals surface area (Å²) in [6.07, 6.45) is -0.901. The molecule has 2 bridgehead atoms. The third kappa shape index (κ3) is 2.82. The van der Waals surface area contributed by atoms with Gasteiger partial charge in [0.2, 0.25) is 6.29 Å². The molecule has 3 aromatic rings. The average Bonchev–Trinajstić information content (AvgIpc) is 3.32. The summed E-state index contributed by atoms with van der Waals surface area (Å²) in [5.41, 5.74) is 1.75. The second kappa shape index (κ2) is 6.32. The average molecular weight is 351 g/mol. The molecule has 0 unspecified atom stereocenters. The number of nitrogens with zero attached hydrogens (tertiary/aromatic N) is 1. The van der Waals surface area contributed by atoms with Gasteiger partial charge in [-0.15, -0.1) is 0 Å². The van der Waals surface area contributed by atoms with E-state index in [1.807, 2.05) is 24.3 Å². The van der Waals surface area contributed by atoms with Crippen LogP contribution in [0.3, 0.4) is 0 Å². The van der Waals surface area contributed by atoms with E-state index in [9.17, 15) is 4.79 Å². The zero-order chi connectivity index (χ0) is 17.5. The molecular weight excluding hydrogens is 334 g/mol. The van der Waals surface area contributed by atoms with Crippen LogP contribution in [0.4, 0.5) is 0 Å². The lowest BCUT2D eigenvalue weighted by atomic mass is 10.1. The summed E-state index contributed by atoms with van der Waals surface area (Å²) >= 11 is 0. The number of carbonyl (C=O) groups excluding carboxylic acids is 1. The Morgan fingerprint density at radius 1 is 1.12 bits per heavy atom. The van der Waals surface area contributed by atoms with E-state index in [-0.39, 0.29) is 24.6 Å². The van der Waals surface area contributed by atoms with E-state index >= 15 is 0 Å². The number of aromatic nitrogens is 1. The maximum absolute atomic E-state index is 11.8. The van der Waals surface area contributed by atoms with Crippen LogP contribution in [0.1, 0.15) is 12.2 Å². The zero-order valence-corrected chi connectivity index (χ0v) is 14.0. The molecule has 0 amide bonds. The predicted molar refractivity (Wildman–Crippen MR) is 92.3 cm³/mol. The molecule has 3 atom stereocenters. The summed E-state index contributed by atoms with van der Waals surface area (Å²) in [6.45, 7) is 0.628. The van der Waals surface area contributed by atoms with Gasteiger partial charge < -0.3 is 18.7 Å². The molecule has 2 aliphatic rings. The highest BCUT2D eigenvalue weighted by Crippen LogP contribution is 2.28. The summed E-state index contributed by atoms with van der Waals surface area (Å²) in [5.74, 6) is 0.541. The first kappa shape index (κ1) is 15.7. The van der Waals surface area contributed by atoms with Gasteiger partial charge in [0.25, 0.3) is 0 Å². The van der Waals surface area contributed by atoms with Crippen LogP contribution in [-0.2, 0) is 25.6 Å². The van der Waals surface area contributed by atoms with Crippen molar-refractivity contribution >= 4 is 16.6 Å². The van der Waals surface area contributed by atoms with Crippen molar-refractivity contribution in [1.82, 2.24) is 5.16 Å². The van der Waals surface area contributed by atoms with Gasteiger partial charge in [-0.3, -0.25) is 4.79 Å². The van der Waals surface area contributed by atoms with Gasteiger partial charge in [-0.1, -0.05) is 41.6 Å². The Bertz CT molecular complexity index is 965. The molecule has 2 aliphatic heterocycles. The molecule has 0 aliphatic carbocycles. The summed E-state index contributed by atoms with van der Waals surface area (Å²) in [5, 5.41) is 6.48. The predicted octanol–water partition coefficient (Wildman–Crippen LogP) is 3.09. The Labute approximate surface area is 149 Å². The Kier molecular flexibility index (Phi) is 3.81. The molecule has 0 spiro atoms. The van der Waals surface area contributed by atoms with Gasteiger partial charge in [0.1, 0.15) is 18.4 Å². The molecule has 2 saturated heterocycles. The molecule has 2 aromatic carbocycles. The van der Waals surface area contributed by atoms with E-state index in [0.29, 0.717) is 18.8 Å². The molecule has 132 valence electrons. The summed E-state index contributed by atoms with van der Waals surface area (Å²) in [4.78, 5) is 11.8. The molecule has 2 fully saturated rings. The SMILES string of the molecule is O=C1C[C@H](OCc2cc(-c3ccc4ccccc4c3)no2)[C@H]2CO[C@@H]1O2. The minimum Gasteiger partial charge on any atom is -0.367 e. The number of fused-ring (bicyclic) bond motifs is 3. The molecule has 0 radical (unpaired) electrons. The van der Waals surface area contributed by atoms with Gasteiger partial charge in [-0.05, 0) is 16.8 Å². The molecule has 3 heterocycles. The van der Waals surface area contributed by atoms with E-state index in [1.165, 1.54) is 5.39 Å². The standard InChI is InChI=1S/C20H17NO5/c22-17-9-18(19-11-24-20(17)25-19)23-10-15-8-16(21-26-15)14-6-5-12-3-1-2-4-13(12)7-14/h1-8,18-20H,9-11H2/t18-,19+,20+/m0/s1. The van der Waals surface area contributed by atoms with Crippen molar-refractivity contribution in [2.75, 3.05) is 6.61 Å². The maximum Gasteiger partial charge on any atom is 0.218 e. The summed E-state index contributed by atoms with van der Waals surface area (Å²) < 4.78 is 22.0. The third-order valence-electron chi connectivity index (χ3n) is 4.83. The normalized spacial score (nSPS) is 25.1. The van der Waals surface area contributed by atoms with Crippen molar-refractivity contribution in [3.8, 4) is 11.3 Å². The molecule has 6 nitrogen and oxygen atoms in total. The Morgan fingerprint density at radius 2 is 2.00 bits per heavy atom. The second-order valence-electron chi connectivity index (χ2n) is 6.60.